The van der Waals surface area contributed by atoms with Crippen molar-refractivity contribution in [1.82, 2.24) is 9.97 Å². The number of H-pyrrole nitrogens is 1. The van der Waals surface area contributed by atoms with E-state index in [1.807, 2.05) is 36.4 Å². The first kappa shape index (κ1) is 12.2. The molecule has 5 nitrogen and oxygen atoms in total. The molecule has 100 valence electrons. The van der Waals surface area contributed by atoms with Crippen molar-refractivity contribution in [2.75, 3.05) is 7.11 Å². The van der Waals surface area contributed by atoms with Crippen LogP contribution in [0.5, 0.6) is 5.75 Å². The molecular formula is C15H12N2O3. The van der Waals surface area contributed by atoms with E-state index in [-0.39, 0.29) is 5.69 Å². The summed E-state index contributed by atoms with van der Waals surface area (Å²) in [5.41, 5.74) is 0.813. The summed E-state index contributed by atoms with van der Waals surface area (Å²) in [5, 5.41) is 11.0. The zero-order valence-corrected chi connectivity index (χ0v) is 10.8. The molecule has 0 fully saturated rings. The van der Waals surface area contributed by atoms with E-state index in [4.69, 9.17) is 9.84 Å². The van der Waals surface area contributed by atoms with E-state index in [2.05, 4.69) is 9.97 Å². The van der Waals surface area contributed by atoms with Crippen molar-refractivity contribution in [3.8, 4) is 17.1 Å². The molecule has 0 amide bonds. The Bertz CT molecular complexity index is 793. The Labute approximate surface area is 114 Å². The molecule has 0 aliphatic rings. The number of aromatic amines is 1. The minimum Gasteiger partial charge on any atom is -0.496 e. The van der Waals surface area contributed by atoms with Crippen LogP contribution in [0.15, 0.2) is 42.6 Å². The van der Waals surface area contributed by atoms with Crippen molar-refractivity contribution in [2.45, 2.75) is 0 Å². The molecule has 0 spiro atoms. The van der Waals surface area contributed by atoms with Crippen molar-refractivity contribution < 1.29 is 14.6 Å². The van der Waals surface area contributed by atoms with Gasteiger partial charge in [0.25, 0.3) is 0 Å². The summed E-state index contributed by atoms with van der Waals surface area (Å²) >= 11 is 0. The molecule has 0 saturated carbocycles. The Morgan fingerprint density at radius 1 is 1.25 bits per heavy atom. The smallest absolute Gasteiger partial charge is 0.353 e. The fourth-order valence-corrected chi connectivity index (χ4v) is 2.22. The number of imidazole rings is 1. The molecule has 0 aliphatic carbocycles. The highest BCUT2D eigenvalue weighted by atomic mass is 16.5. The monoisotopic (exact) mass is 268 g/mol. The van der Waals surface area contributed by atoms with Gasteiger partial charge in [-0.05, 0) is 16.8 Å². The zero-order chi connectivity index (χ0) is 14.1. The molecule has 0 unspecified atom stereocenters. The molecule has 5 heteroatoms. The average Bonchev–Trinajstić information content (AvgIpc) is 2.95. The second-order valence-electron chi connectivity index (χ2n) is 4.31. The number of ether oxygens (including phenoxy) is 1. The van der Waals surface area contributed by atoms with E-state index >= 15 is 0 Å². The van der Waals surface area contributed by atoms with Crippen LogP contribution < -0.4 is 4.74 Å². The second kappa shape index (κ2) is 4.70. The van der Waals surface area contributed by atoms with Crippen LogP contribution in [0, 0.1) is 0 Å². The van der Waals surface area contributed by atoms with Crippen molar-refractivity contribution >= 4 is 16.7 Å². The number of carbonyl (C=O) groups is 1. The van der Waals surface area contributed by atoms with Gasteiger partial charge in [-0.3, -0.25) is 0 Å². The summed E-state index contributed by atoms with van der Waals surface area (Å²) in [4.78, 5) is 17.9. The molecule has 1 aromatic heterocycles. The molecule has 3 rings (SSSR count). The third-order valence-corrected chi connectivity index (χ3v) is 3.15. The van der Waals surface area contributed by atoms with E-state index in [0.29, 0.717) is 11.6 Å². The lowest BCUT2D eigenvalue weighted by atomic mass is 10.0. The lowest BCUT2D eigenvalue weighted by Crippen LogP contribution is -1.96. The number of nitrogens with one attached hydrogen (secondary N) is 1. The number of methoxy groups -OCH3 is 1. The predicted molar refractivity (Wildman–Crippen MR) is 75.0 cm³/mol. The van der Waals surface area contributed by atoms with Crippen LogP contribution in [0.25, 0.3) is 22.2 Å². The fourth-order valence-electron chi connectivity index (χ4n) is 2.22. The molecule has 1 heterocycles. The van der Waals surface area contributed by atoms with Crippen LogP contribution in [0.1, 0.15) is 10.5 Å². The molecule has 0 aliphatic heterocycles. The number of rotatable bonds is 3. The van der Waals surface area contributed by atoms with Gasteiger partial charge in [-0.15, -0.1) is 0 Å². The van der Waals surface area contributed by atoms with Crippen LogP contribution in [0.3, 0.4) is 0 Å². The maximum atomic E-state index is 11.0. The van der Waals surface area contributed by atoms with Crippen LogP contribution in [-0.4, -0.2) is 28.2 Å². The number of fused-ring (bicyclic) bond motifs is 1. The van der Waals surface area contributed by atoms with Gasteiger partial charge in [0.05, 0.1) is 18.9 Å². The van der Waals surface area contributed by atoms with E-state index in [9.17, 15) is 4.79 Å². The Morgan fingerprint density at radius 2 is 2.05 bits per heavy atom. The Hall–Kier alpha value is -2.82. The maximum absolute atomic E-state index is 11.0. The number of hydrogen-bond acceptors (Lipinski definition) is 3. The largest absolute Gasteiger partial charge is 0.496 e. The quantitative estimate of drug-likeness (QED) is 0.765. The normalized spacial score (nSPS) is 10.7. The number of nitrogens with zero attached hydrogens (tertiary/aromatic N) is 1. The first-order valence-corrected chi connectivity index (χ1v) is 6.05. The summed E-state index contributed by atoms with van der Waals surface area (Å²) in [7, 11) is 1.58. The SMILES string of the molecule is COc1ccc2ccccc2c1-c1ncc(C(=O)O)[nH]1. The minimum absolute atomic E-state index is 0.0509. The van der Waals surface area contributed by atoms with Gasteiger partial charge < -0.3 is 14.8 Å². The first-order valence-electron chi connectivity index (χ1n) is 6.05. The molecule has 3 aromatic rings. The summed E-state index contributed by atoms with van der Waals surface area (Å²) in [6.07, 6.45) is 1.30. The molecular weight excluding hydrogens is 256 g/mol. The van der Waals surface area contributed by atoms with Gasteiger partial charge in [-0.2, -0.15) is 0 Å². The third-order valence-electron chi connectivity index (χ3n) is 3.15. The van der Waals surface area contributed by atoms with Crippen LogP contribution in [0.4, 0.5) is 0 Å². The second-order valence-corrected chi connectivity index (χ2v) is 4.31. The summed E-state index contributed by atoms with van der Waals surface area (Å²) < 4.78 is 5.37. The van der Waals surface area contributed by atoms with Crippen LogP contribution in [0.2, 0.25) is 0 Å². The number of carboxylic acid groups (broad SMARTS) is 1. The van der Waals surface area contributed by atoms with Gasteiger partial charge >= 0.3 is 5.97 Å². The highest BCUT2D eigenvalue weighted by Crippen LogP contribution is 2.35. The number of benzene rings is 2. The molecule has 0 bridgehead atoms. The molecule has 2 N–H and O–H groups in total. The fraction of sp³-hybridized carbons (Fsp3) is 0.0667. The molecule has 0 atom stereocenters. The first-order chi connectivity index (χ1) is 9.70. The van der Waals surface area contributed by atoms with Crippen molar-refractivity contribution in [3.05, 3.63) is 48.3 Å². The van der Waals surface area contributed by atoms with Gasteiger partial charge in [-0.25, -0.2) is 9.78 Å². The molecule has 0 radical (unpaired) electrons. The van der Waals surface area contributed by atoms with Gasteiger partial charge in [-0.1, -0.05) is 30.3 Å². The third kappa shape index (κ3) is 1.89. The molecule has 0 saturated heterocycles. The predicted octanol–water partition coefficient (Wildman–Crippen LogP) is 2.94. The van der Waals surface area contributed by atoms with Gasteiger partial charge in [0.15, 0.2) is 0 Å². The summed E-state index contributed by atoms with van der Waals surface area (Å²) in [6.45, 7) is 0. The highest BCUT2D eigenvalue weighted by molar-refractivity contribution is 5.98. The maximum Gasteiger partial charge on any atom is 0.353 e. The van der Waals surface area contributed by atoms with Crippen molar-refractivity contribution in [2.24, 2.45) is 0 Å². The Morgan fingerprint density at radius 3 is 2.75 bits per heavy atom. The lowest BCUT2D eigenvalue weighted by molar-refractivity contribution is 0.0691. The van der Waals surface area contributed by atoms with Crippen LogP contribution >= 0.6 is 0 Å². The summed E-state index contributed by atoms with van der Waals surface area (Å²) in [6, 6.07) is 11.6. The van der Waals surface area contributed by atoms with E-state index in [1.54, 1.807) is 7.11 Å². The number of aromatic nitrogens is 2. The zero-order valence-electron chi connectivity index (χ0n) is 10.8. The van der Waals surface area contributed by atoms with E-state index in [0.717, 1.165) is 16.3 Å². The minimum atomic E-state index is -1.04. The number of carboxylic acids is 1. The average molecular weight is 268 g/mol. The Balaban J connectivity index is 2.29. The van der Waals surface area contributed by atoms with Gasteiger partial charge in [0.2, 0.25) is 0 Å². The lowest BCUT2D eigenvalue weighted by Gasteiger charge is -2.10. The number of hydrogen-bond donors (Lipinski definition) is 2. The standard InChI is InChI=1S/C15H12N2O3/c1-20-12-7-6-9-4-2-3-5-10(9)13(12)14-16-8-11(17-14)15(18)19/h2-8H,1H3,(H,16,17)(H,18,19). The molecule has 2 aromatic carbocycles. The van der Waals surface area contributed by atoms with Crippen molar-refractivity contribution in [1.29, 1.82) is 0 Å². The van der Waals surface area contributed by atoms with Crippen LogP contribution in [-0.2, 0) is 0 Å². The van der Waals surface area contributed by atoms with Gasteiger partial charge in [0.1, 0.15) is 17.3 Å². The molecule has 20 heavy (non-hydrogen) atoms. The van der Waals surface area contributed by atoms with Gasteiger partial charge in [0, 0.05) is 0 Å². The van der Waals surface area contributed by atoms with E-state index < -0.39 is 5.97 Å². The van der Waals surface area contributed by atoms with Crippen molar-refractivity contribution in [3.63, 3.8) is 0 Å². The number of aromatic carboxylic acids is 1. The summed E-state index contributed by atoms with van der Waals surface area (Å²) in [5.74, 6) is 0.0917. The van der Waals surface area contributed by atoms with E-state index in [1.165, 1.54) is 6.20 Å². The highest BCUT2D eigenvalue weighted by Gasteiger charge is 2.15. The Kier molecular flexibility index (Phi) is 2.87. The topological polar surface area (TPSA) is 75.2 Å².